The molecule has 2 aromatic carbocycles. The fourth-order valence-electron chi connectivity index (χ4n) is 2.66. The van der Waals surface area contributed by atoms with Gasteiger partial charge in [0.15, 0.2) is 0 Å². The summed E-state index contributed by atoms with van der Waals surface area (Å²) in [5.74, 6) is -0.285. The summed E-state index contributed by atoms with van der Waals surface area (Å²) in [5.41, 5.74) is 9.03. The third-order valence-electron chi connectivity index (χ3n) is 3.63. The van der Waals surface area contributed by atoms with Crippen LogP contribution < -0.4 is 10.6 Å². The van der Waals surface area contributed by atoms with Gasteiger partial charge >= 0.3 is 0 Å². The van der Waals surface area contributed by atoms with Crippen molar-refractivity contribution >= 4 is 28.6 Å². The molecule has 0 saturated heterocycles. The molecule has 4 heteroatoms. The highest BCUT2D eigenvalue weighted by Gasteiger charge is 2.20. The Morgan fingerprint density at radius 2 is 1.95 bits per heavy atom. The fourth-order valence-corrected chi connectivity index (χ4v) is 2.79. The fraction of sp³-hybridized carbons (Fsp3) is 0.188. The number of aryl methyl sites for hydroxylation is 1. The van der Waals surface area contributed by atoms with Crippen molar-refractivity contribution in [3.05, 3.63) is 59.4 Å². The Bertz CT molecular complexity index is 669. The maximum Gasteiger partial charge on any atom is 0.147 e. The summed E-state index contributed by atoms with van der Waals surface area (Å²) >= 11 is 4.88. The minimum Gasteiger partial charge on any atom is -0.389 e. The molecule has 102 valence electrons. The standard InChI is InChI=1S/C16H15FN2S/c17-13-10-12(16(18)20)7-8-15(13)19-9-3-5-11-4-1-2-6-14(11)19/h1-2,4,6-8,10H,3,5,9H2,(H2,18,20). The second-order valence-corrected chi connectivity index (χ2v) is 5.35. The van der Waals surface area contributed by atoms with E-state index in [0.29, 0.717) is 11.3 Å². The monoisotopic (exact) mass is 286 g/mol. The Hall–Kier alpha value is -1.94. The lowest BCUT2D eigenvalue weighted by Gasteiger charge is -2.31. The number of hydrogen-bond donors (Lipinski definition) is 1. The zero-order valence-electron chi connectivity index (χ0n) is 11.0. The zero-order chi connectivity index (χ0) is 14.1. The smallest absolute Gasteiger partial charge is 0.147 e. The van der Waals surface area contributed by atoms with E-state index in [1.165, 1.54) is 11.6 Å². The second kappa shape index (κ2) is 5.21. The molecule has 2 N–H and O–H groups in total. The van der Waals surface area contributed by atoms with Crippen LogP contribution in [0.3, 0.4) is 0 Å². The number of rotatable bonds is 2. The Balaban J connectivity index is 2.04. The first kappa shape index (κ1) is 13.1. The van der Waals surface area contributed by atoms with Crippen LogP contribution in [0.25, 0.3) is 0 Å². The zero-order valence-corrected chi connectivity index (χ0v) is 11.8. The van der Waals surface area contributed by atoms with Gasteiger partial charge in [0, 0.05) is 17.8 Å². The van der Waals surface area contributed by atoms with E-state index < -0.39 is 0 Å². The van der Waals surface area contributed by atoms with E-state index in [-0.39, 0.29) is 10.8 Å². The number of benzene rings is 2. The maximum atomic E-state index is 14.3. The van der Waals surface area contributed by atoms with Crippen molar-refractivity contribution in [2.24, 2.45) is 5.73 Å². The van der Waals surface area contributed by atoms with Crippen LogP contribution in [-0.4, -0.2) is 11.5 Å². The van der Waals surface area contributed by atoms with Crippen molar-refractivity contribution in [3.8, 4) is 0 Å². The van der Waals surface area contributed by atoms with Gasteiger partial charge in [-0.2, -0.15) is 0 Å². The first-order valence-electron chi connectivity index (χ1n) is 6.61. The van der Waals surface area contributed by atoms with E-state index in [1.807, 2.05) is 23.1 Å². The number of fused-ring (bicyclic) bond motifs is 1. The van der Waals surface area contributed by atoms with E-state index >= 15 is 0 Å². The first-order valence-corrected chi connectivity index (χ1v) is 7.02. The van der Waals surface area contributed by atoms with Crippen molar-refractivity contribution in [2.45, 2.75) is 12.8 Å². The average Bonchev–Trinajstić information content (AvgIpc) is 2.46. The first-order chi connectivity index (χ1) is 9.66. The van der Waals surface area contributed by atoms with Crippen LogP contribution in [0, 0.1) is 5.82 Å². The molecule has 0 radical (unpaired) electrons. The van der Waals surface area contributed by atoms with Crippen LogP contribution >= 0.6 is 12.2 Å². The molecule has 0 saturated carbocycles. The van der Waals surface area contributed by atoms with Gasteiger partial charge in [-0.05, 0) is 42.7 Å². The lowest BCUT2D eigenvalue weighted by Crippen LogP contribution is -2.25. The number of halogens is 1. The molecule has 0 aliphatic carbocycles. The van der Waals surface area contributed by atoms with Crippen LogP contribution in [0.2, 0.25) is 0 Å². The topological polar surface area (TPSA) is 29.3 Å². The molecule has 1 aliphatic rings. The van der Waals surface area contributed by atoms with E-state index in [0.717, 1.165) is 25.1 Å². The molecule has 2 nitrogen and oxygen atoms in total. The molecule has 0 bridgehead atoms. The van der Waals surface area contributed by atoms with Crippen molar-refractivity contribution in [2.75, 3.05) is 11.4 Å². The number of hydrogen-bond acceptors (Lipinski definition) is 2. The molecular formula is C16H15FN2S. The number of nitrogens with zero attached hydrogens (tertiary/aromatic N) is 1. The van der Waals surface area contributed by atoms with Crippen LogP contribution in [0.15, 0.2) is 42.5 Å². The summed E-state index contributed by atoms with van der Waals surface area (Å²) in [7, 11) is 0. The number of para-hydroxylation sites is 1. The van der Waals surface area contributed by atoms with Gasteiger partial charge in [0.05, 0.1) is 5.69 Å². The predicted octanol–water partition coefficient (Wildman–Crippen LogP) is 3.54. The molecule has 0 spiro atoms. The largest absolute Gasteiger partial charge is 0.389 e. The third-order valence-corrected chi connectivity index (χ3v) is 3.87. The number of nitrogens with two attached hydrogens (primary N) is 1. The molecule has 0 atom stereocenters. The van der Waals surface area contributed by atoms with Crippen LogP contribution in [0.5, 0.6) is 0 Å². The van der Waals surface area contributed by atoms with Crippen molar-refractivity contribution < 1.29 is 4.39 Å². The SMILES string of the molecule is NC(=S)c1ccc(N2CCCc3ccccc32)c(F)c1. The molecule has 0 amide bonds. The molecule has 0 aromatic heterocycles. The summed E-state index contributed by atoms with van der Waals surface area (Å²) in [6.07, 6.45) is 2.06. The summed E-state index contributed by atoms with van der Waals surface area (Å²) in [6.45, 7) is 0.820. The molecule has 1 heterocycles. The summed E-state index contributed by atoms with van der Waals surface area (Å²) in [4.78, 5) is 2.24. The molecule has 2 aromatic rings. The maximum absolute atomic E-state index is 14.3. The summed E-state index contributed by atoms with van der Waals surface area (Å²) < 4.78 is 14.3. The van der Waals surface area contributed by atoms with Gasteiger partial charge < -0.3 is 10.6 Å². The van der Waals surface area contributed by atoms with E-state index in [1.54, 1.807) is 12.1 Å². The molecule has 20 heavy (non-hydrogen) atoms. The van der Waals surface area contributed by atoms with Gasteiger partial charge in [-0.25, -0.2) is 4.39 Å². The van der Waals surface area contributed by atoms with E-state index in [2.05, 4.69) is 6.07 Å². The van der Waals surface area contributed by atoms with Gasteiger partial charge in [-0.1, -0.05) is 30.4 Å². The lowest BCUT2D eigenvalue weighted by atomic mass is 10.0. The highest BCUT2D eigenvalue weighted by atomic mass is 32.1. The Morgan fingerprint density at radius 1 is 1.15 bits per heavy atom. The van der Waals surface area contributed by atoms with Gasteiger partial charge in [-0.15, -0.1) is 0 Å². The average molecular weight is 286 g/mol. The van der Waals surface area contributed by atoms with Crippen molar-refractivity contribution in [3.63, 3.8) is 0 Å². The van der Waals surface area contributed by atoms with Gasteiger partial charge in [0.25, 0.3) is 0 Å². The van der Waals surface area contributed by atoms with Crippen molar-refractivity contribution in [1.82, 2.24) is 0 Å². The Labute approximate surface area is 123 Å². The molecular weight excluding hydrogens is 271 g/mol. The minimum absolute atomic E-state index is 0.217. The Kier molecular flexibility index (Phi) is 3.40. The third kappa shape index (κ3) is 2.27. The molecule has 0 fully saturated rings. The van der Waals surface area contributed by atoms with E-state index in [9.17, 15) is 4.39 Å². The summed E-state index contributed by atoms with van der Waals surface area (Å²) in [6, 6.07) is 13.1. The minimum atomic E-state index is -0.285. The highest BCUT2D eigenvalue weighted by Crippen LogP contribution is 2.34. The molecule has 3 rings (SSSR count). The van der Waals surface area contributed by atoms with E-state index in [4.69, 9.17) is 18.0 Å². The second-order valence-electron chi connectivity index (χ2n) is 4.91. The molecule has 1 aliphatic heterocycles. The van der Waals surface area contributed by atoms with Gasteiger partial charge in [0.2, 0.25) is 0 Å². The highest BCUT2D eigenvalue weighted by molar-refractivity contribution is 7.80. The van der Waals surface area contributed by atoms with Crippen LogP contribution in [-0.2, 0) is 6.42 Å². The quantitative estimate of drug-likeness (QED) is 0.856. The van der Waals surface area contributed by atoms with Crippen molar-refractivity contribution in [1.29, 1.82) is 0 Å². The Morgan fingerprint density at radius 3 is 2.70 bits per heavy atom. The summed E-state index contributed by atoms with van der Waals surface area (Å²) in [5, 5.41) is 0. The normalized spacial score (nSPS) is 13.9. The predicted molar refractivity (Wildman–Crippen MR) is 84.1 cm³/mol. The van der Waals surface area contributed by atoms with Crippen LogP contribution in [0.4, 0.5) is 15.8 Å². The van der Waals surface area contributed by atoms with Crippen LogP contribution in [0.1, 0.15) is 17.5 Å². The number of anilines is 2. The van der Waals surface area contributed by atoms with Gasteiger partial charge in [0.1, 0.15) is 10.8 Å². The molecule has 0 unspecified atom stereocenters. The number of thiocarbonyl (C=S) groups is 1. The lowest BCUT2D eigenvalue weighted by molar-refractivity contribution is 0.620. The van der Waals surface area contributed by atoms with Gasteiger partial charge in [-0.3, -0.25) is 0 Å².